The summed E-state index contributed by atoms with van der Waals surface area (Å²) in [5.74, 6) is -0.901. The maximum Gasteiger partial charge on any atom is 0.222 e. The van der Waals surface area contributed by atoms with E-state index >= 15 is 0 Å². The van der Waals surface area contributed by atoms with Gasteiger partial charge in [-0.15, -0.1) is 0 Å². The van der Waals surface area contributed by atoms with Crippen LogP contribution in [0.5, 0.6) is 5.75 Å². The topological polar surface area (TPSA) is 64.3 Å². The van der Waals surface area contributed by atoms with Gasteiger partial charge >= 0.3 is 0 Å². The number of amides is 1. The number of nitrogens with two attached hydrogens (primary N) is 1. The predicted octanol–water partition coefficient (Wildman–Crippen LogP) is 0.623. The van der Waals surface area contributed by atoms with Gasteiger partial charge in [0.05, 0.1) is 13.0 Å². The van der Waals surface area contributed by atoms with Gasteiger partial charge in [0.25, 0.3) is 0 Å². The molecule has 1 amide bonds. The van der Waals surface area contributed by atoms with Gasteiger partial charge in [0.15, 0.2) is 11.6 Å². The van der Waals surface area contributed by atoms with Crippen LogP contribution in [-0.4, -0.2) is 26.1 Å². The summed E-state index contributed by atoms with van der Waals surface area (Å²) in [5, 5.41) is 3.10. The second-order valence-electron chi connectivity index (χ2n) is 4.17. The minimum absolute atomic E-state index is 0.0621. The Morgan fingerprint density at radius 1 is 1.53 bits per heavy atom. The molecule has 0 saturated carbocycles. The molecule has 1 heterocycles. The molecule has 1 aromatic carbocycles. The minimum atomic E-state index is -0.417. The van der Waals surface area contributed by atoms with Gasteiger partial charge in [-0.05, 0) is 17.7 Å². The number of benzene rings is 1. The lowest BCUT2D eigenvalue weighted by Gasteiger charge is -2.16. The van der Waals surface area contributed by atoms with Crippen molar-refractivity contribution in [1.82, 2.24) is 5.32 Å². The van der Waals surface area contributed by atoms with E-state index in [0.29, 0.717) is 13.1 Å². The molecule has 4 nitrogen and oxygen atoms in total. The van der Waals surface area contributed by atoms with Crippen molar-refractivity contribution in [3.63, 3.8) is 0 Å². The molecule has 1 aromatic rings. The second kappa shape index (κ2) is 4.71. The summed E-state index contributed by atoms with van der Waals surface area (Å²) in [5.41, 5.74) is 6.10. The van der Waals surface area contributed by atoms with E-state index in [9.17, 15) is 9.18 Å². The Kier molecular flexibility index (Phi) is 3.28. The van der Waals surface area contributed by atoms with Crippen molar-refractivity contribution in [1.29, 1.82) is 0 Å². The van der Waals surface area contributed by atoms with Crippen molar-refractivity contribution >= 4 is 5.91 Å². The zero-order valence-corrected chi connectivity index (χ0v) is 9.57. The number of carbonyl (C=O) groups excluding carboxylic acids is 1. The predicted molar refractivity (Wildman–Crippen MR) is 61.2 cm³/mol. The molecule has 0 spiro atoms. The zero-order valence-electron chi connectivity index (χ0n) is 9.57. The number of nitrogens with one attached hydrogen (secondary N) is 1. The fourth-order valence-corrected chi connectivity index (χ4v) is 2.24. The molecule has 92 valence electrons. The Balaban J connectivity index is 2.27. The number of hydrogen-bond donors (Lipinski definition) is 2. The summed E-state index contributed by atoms with van der Waals surface area (Å²) in [6, 6.07) is 4.75. The van der Waals surface area contributed by atoms with Crippen LogP contribution in [0.4, 0.5) is 4.39 Å². The number of rotatable bonds is 3. The highest BCUT2D eigenvalue weighted by Gasteiger charge is 2.32. The highest BCUT2D eigenvalue weighted by atomic mass is 19.1. The van der Waals surface area contributed by atoms with E-state index in [-0.39, 0.29) is 23.5 Å². The summed E-state index contributed by atoms with van der Waals surface area (Å²) in [4.78, 5) is 11.3. The van der Waals surface area contributed by atoms with Crippen molar-refractivity contribution in [2.45, 2.75) is 5.92 Å². The van der Waals surface area contributed by atoms with E-state index in [4.69, 9.17) is 10.5 Å². The average molecular weight is 238 g/mol. The highest BCUT2D eigenvalue weighted by molar-refractivity contribution is 5.78. The molecule has 17 heavy (non-hydrogen) atoms. The number of methoxy groups -OCH3 is 1. The van der Waals surface area contributed by atoms with Crippen LogP contribution in [0.3, 0.4) is 0 Å². The molecular weight excluding hydrogens is 223 g/mol. The summed E-state index contributed by atoms with van der Waals surface area (Å²) in [7, 11) is 1.42. The summed E-state index contributed by atoms with van der Waals surface area (Å²) in [6.07, 6.45) is 0. The number of hydrogen-bond acceptors (Lipinski definition) is 3. The van der Waals surface area contributed by atoms with Crippen LogP contribution in [0.25, 0.3) is 0 Å². The van der Waals surface area contributed by atoms with Crippen molar-refractivity contribution in [3.05, 3.63) is 29.6 Å². The molecule has 1 saturated heterocycles. The first-order valence-corrected chi connectivity index (χ1v) is 5.47. The van der Waals surface area contributed by atoms with Gasteiger partial charge in [-0.1, -0.05) is 6.07 Å². The van der Waals surface area contributed by atoms with Gasteiger partial charge in [0.1, 0.15) is 0 Å². The van der Waals surface area contributed by atoms with Crippen LogP contribution in [0, 0.1) is 11.7 Å². The SMILES string of the molecule is COc1ccc(C2CNCC2C(N)=O)cc1F. The van der Waals surface area contributed by atoms with Gasteiger partial charge < -0.3 is 15.8 Å². The fraction of sp³-hybridized carbons (Fsp3) is 0.417. The van der Waals surface area contributed by atoms with Crippen LogP contribution in [0.1, 0.15) is 11.5 Å². The third-order valence-corrected chi connectivity index (χ3v) is 3.18. The maximum absolute atomic E-state index is 13.6. The van der Waals surface area contributed by atoms with E-state index in [1.165, 1.54) is 13.2 Å². The van der Waals surface area contributed by atoms with Crippen LogP contribution < -0.4 is 15.8 Å². The quantitative estimate of drug-likeness (QED) is 0.811. The number of primary amides is 1. The standard InChI is InChI=1S/C12H15FN2O2/c1-17-11-3-2-7(4-10(11)13)8-5-15-6-9(8)12(14)16/h2-4,8-9,15H,5-6H2,1H3,(H2,14,16). The minimum Gasteiger partial charge on any atom is -0.494 e. The molecule has 2 rings (SSSR count). The summed E-state index contributed by atoms with van der Waals surface area (Å²) >= 11 is 0. The molecule has 0 bridgehead atoms. The lowest BCUT2D eigenvalue weighted by Crippen LogP contribution is -2.28. The lowest BCUT2D eigenvalue weighted by atomic mass is 9.88. The number of halogens is 1. The molecule has 2 unspecified atom stereocenters. The van der Waals surface area contributed by atoms with E-state index in [2.05, 4.69) is 5.32 Å². The molecule has 3 N–H and O–H groups in total. The average Bonchev–Trinajstić information content (AvgIpc) is 2.77. The van der Waals surface area contributed by atoms with Gasteiger partial charge in [-0.25, -0.2) is 4.39 Å². The smallest absolute Gasteiger partial charge is 0.222 e. The second-order valence-corrected chi connectivity index (χ2v) is 4.17. The van der Waals surface area contributed by atoms with Crippen molar-refractivity contribution in [3.8, 4) is 5.75 Å². The Hall–Kier alpha value is -1.62. The van der Waals surface area contributed by atoms with Crippen molar-refractivity contribution in [2.75, 3.05) is 20.2 Å². The summed E-state index contributed by atoms with van der Waals surface area (Å²) in [6.45, 7) is 1.19. The Labute approximate surface area is 98.9 Å². The van der Waals surface area contributed by atoms with Crippen LogP contribution in [-0.2, 0) is 4.79 Å². The molecule has 0 aromatic heterocycles. The van der Waals surface area contributed by atoms with E-state index < -0.39 is 5.82 Å². The Morgan fingerprint density at radius 2 is 2.29 bits per heavy atom. The Morgan fingerprint density at radius 3 is 2.88 bits per heavy atom. The summed E-state index contributed by atoms with van der Waals surface area (Å²) < 4.78 is 18.4. The first-order chi connectivity index (χ1) is 8.13. The van der Waals surface area contributed by atoms with Crippen LogP contribution in [0.15, 0.2) is 18.2 Å². The normalized spacial score (nSPS) is 23.6. The highest BCUT2D eigenvalue weighted by Crippen LogP contribution is 2.30. The first kappa shape index (κ1) is 11.9. The van der Waals surface area contributed by atoms with E-state index in [0.717, 1.165) is 5.56 Å². The third kappa shape index (κ3) is 2.24. The largest absolute Gasteiger partial charge is 0.494 e. The molecule has 0 radical (unpaired) electrons. The molecule has 1 aliphatic rings. The third-order valence-electron chi connectivity index (χ3n) is 3.18. The van der Waals surface area contributed by atoms with Crippen LogP contribution in [0.2, 0.25) is 0 Å². The van der Waals surface area contributed by atoms with Crippen molar-refractivity contribution in [2.24, 2.45) is 11.7 Å². The maximum atomic E-state index is 13.6. The van der Waals surface area contributed by atoms with E-state index in [1.807, 2.05) is 0 Å². The number of carbonyl (C=O) groups is 1. The fourth-order valence-electron chi connectivity index (χ4n) is 2.24. The molecule has 5 heteroatoms. The molecular formula is C12H15FN2O2. The van der Waals surface area contributed by atoms with Gasteiger partial charge in [0, 0.05) is 19.0 Å². The zero-order chi connectivity index (χ0) is 12.4. The molecule has 0 aliphatic carbocycles. The van der Waals surface area contributed by atoms with Gasteiger partial charge in [-0.2, -0.15) is 0 Å². The Bertz CT molecular complexity index is 437. The first-order valence-electron chi connectivity index (χ1n) is 5.47. The van der Waals surface area contributed by atoms with Gasteiger partial charge in [-0.3, -0.25) is 4.79 Å². The number of ether oxygens (including phenoxy) is 1. The van der Waals surface area contributed by atoms with Crippen molar-refractivity contribution < 1.29 is 13.9 Å². The lowest BCUT2D eigenvalue weighted by molar-refractivity contribution is -0.121. The van der Waals surface area contributed by atoms with Crippen LogP contribution >= 0.6 is 0 Å². The molecule has 2 atom stereocenters. The van der Waals surface area contributed by atoms with E-state index in [1.54, 1.807) is 12.1 Å². The molecule has 1 fully saturated rings. The van der Waals surface area contributed by atoms with Gasteiger partial charge in [0.2, 0.25) is 5.91 Å². The monoisotopic (exact) mass is 238 g/mol. The molecule has 1 aliphatic heterocycles.